The van der Waals surface area contributed by atoms with E-state index in [0.29, 0.717) is 29.0 Å². The zero-order chi connectivity index (χ0) is 27.1. The third kappa shape index (κ3) is 5.39. The molecule has 3 aromatic heterocycles. The van der Waals surface area contributed by atoms with Gasteiger partial charge in [-0.15, -0.1) is 5.10 Å². The molecule has 0 aliphatic heterocycles. The van der Waals surface area contributed by atoms with Crippen molar-refractivity contribution in [2.24, 2.45) is 17.8 Å². The molecule has 0 saturated heterocycles. The highest BCUT2D eigenvalue weighted by molar-refractivity contribution is 6.00. The fraction of sp³-hybridized carbons (Fsp3) is 0.667. The average Bonchev–Trinajstić information content (AvgIpc) is 3.74. The van der Waals surface area contributed by atoms with E-state index >= 15 is 0 Å². The summed E-state index contributed by atoms with van der Waals surface area (Å²) in [6.07, 6.45) is 6.60. The molecule has 3 aliphatic rings. The van der Waals surface area contributed by atoms with Crippen LogP contribution < -0.4 is 10.6 Å². The van der Waals surface area contributed by atoms with E-state index in [1.165, 1.54) is 17.1 Å². The van der Waals surface area contributed by atoms with Gasteiger partial charge in [0, 0.05) is 12.6 Å². The van der Waals surface area contributed by atoms with E-state index in [1.54, 1.807) is 11.6 Å². The van der Waals surface area contributed by atoms with Gasteiger partial charge in [0.15, 0.2) is 11.5 Å². The Morgan fingerprint density at radius 2 is 1.87 bits per heavy atom. The molecule has 3 saturated carbocycles. The number of hydrogen-bond acceptors (Lipinski definition) is 9. The normalized spacial score (nSPS) is 19.2. The zero-order valence-corrected chi connectivity index (χ0v) is 21.4. The summed E-state index contributed by atoms with van der Waals surface area (Å²) >= 11 is 0. The molecule has 3 aliphatic carbocycles. The van der Waals surface area contributed by atoms with Crippen LogP contribution in [0.5, 0.6) is 0 Å². The standard InChI is InChI=1S/C24H30F2N10O3/c1-12-20(32-39-31-12)23(37)29-21(19(13-5-6-13)14-7-8-14)24(38)28-15-10-27-35(11-15)17(9-18(25)26)22-30-33-34-36(22)16-3-2-4-16/h10-11,13-14,16-19,21H,2-9H2,1H3,(H,28,38)(H,29,37)/t17?,21-/m0/s1. The number of tetrazole rings is 1. The highest BCUT2D eigenvalue weighted by Crippen LogP contribution is 2.51. The Balaban J connectivity index is 1.22. The summed E-state index contributed by atoms with van der Waals surface area (Å²) in [6.45, 7) is 1.60. The van der Waals surface area contributed by atoms with Crippen molar-refractivity contribution >= 4 is 17.5 Å². The van der Waals surface area contributed by atoms with Crippen LogP contribution in [0.15, 0.2) is 17.0 Å². The molecule has 0 bridgehead atoms. The van der Waals surface area contributed by atoms with Gasteiger partial charge in [0.1, 0.15) is 17.8 Å². The van der Waals surface area contributed by atoms with Gasteiger partial charge in [0.05, 0.1) is 17.9 Å². The molecule has 208 valence electrons. The van der Waals surface area contributed by atoms with E-state index < -0.39 is 36.7 Å². The molecular weight excluding hydrogens is 514 g/mol. The van der Waals surface area contributed by atoms with Crippen LogP contribution in [0.3, 0.4) is 0 Å². The molecule has 0 spiro atoms. The lowest BCUT2D eigenvalue weighted by Gasteiger charge is -2.28. The second kappa shape index (κ2) is 10.4. The largest absolute Gasteiger partial charge is 0.338 e. The lowest BCUT2D eigenvalue weighted by Crippen LogP contribution is -2.50. The Bertz CT molecular complexity index is 1310. The lowest BCUT2D eigenvalue weighted by atomic mass is 9.88. The summed E-state index contributed by atoms with van der Waals surface area (Å²) in [6, 6.07) is -1.63. The predicted molar refractivity (Wildman–Crippen MR) is 130 cm³/mol. The van der Waals surface area contributed by atoms with Crippen LogP contribution in [0.1, 0.15) is 85.5 Å². The van der Waals surface area contributed by atoms with Crippen molar-refractivity contribution in [3.05, 3.63) is 29.6 Å². The van der Waals surface area contributed by atoms with Crippen LogP contribution in [0.4, 0.5) is 14.5 Å². The summed E-state index contributed by atoms with van der Waals surface area (Å²) in [7, 11) is 0. The maximum absolute atomic E-state index is 13.6. The third-order valence-corrected chi connectivity index (χ3v) is 7.98. The van der Waals surface area contributed by atoms with Gasteiger partial charge in [-0.2, -0.15) is 5.10 Å². The number of nitrogens with zero attached hydrogens (tertiary/aromatic N) is 8. The number of alkyl halides is 2. The van der Waals surface area contributed by atoms with Crippen molar-refractivity contribution in [2.45, 2.75) is 82.8 Å². The first-order chi connectivity index (χ1) is 18.9. The lowest BCUT2D eigenvalue weighted by molar-refractivity contribution is -0.119. The van der Waals surface area contributed by atoms with E-state index in [9.17, 15) is 18.4 Å². The number of amides is 2. The summed E-state index contributed by atoms with van der Waals surface area (Å²) < 4.78 is 34.8. The van der Waals surface area contributed by atoms with Gasteiger partial charge in [-0.1, -0.05) is 5.16 Å². The first kappa shape index (κ1) is 25.5. The van der Waals surface area contributed by atoms with Crippen molar-refractivity contribution in [3.8, 4) is 0 Å². The molecule has 0 radical (unpaired) electrons. The van der Waals surface area contributed by atoms with Gasteiger partial charge in [-0.05, 0) is 85.2 Å². The van der Waals surface area contributed by atoms with Gasteiger partial charge in [-0.25, -0.2) is 18.1 Å². The zero-order valence-electron chi connectivity index (χ0n) is 21.4. The molecule has 6 rings (SSSR count). The maximum atomic E-state index is 13.6. The minimum Gasteiger partial charge on any atom is -0.338 e. The van der Waals surface area contributed by atoms with E-state index in [2.05, 4.69) is 46.2 Å². The topological polar surface area (TPSA) is 159 Å². The molecule has 39 heavy (non-hydrogen) atoms. The number of anilines is 1. The van der Waals surface area contributed by atoms with E-state index in [0.717, 1.165) is 44.9 Å². The molecular formula is C24H30F2N10O3. The Labute approximate surface area is 222 Å². The average molecular weight is 545 g/mol. The number of nitrogens with one attached hydrogen (secondary N) is 2. The second-order valence-corrected chi connectivity index (χ2v) is 10.8. The monoisotopic (exact) mass is 544 g/mol. The van der Waals surface area contributed by atoms with E-state index in [1.807, 2.05) is 0 Å². The molecule has 3 heterocycles. The van der Waals surface area contributed by atoms with Crippen molar-refractivity contribution < 1.29 is 23.0 Å². The molecule has 2 atom stereocenters. The number of carbonyl (C=O) groups excluding carboxylic acids is 2. The van der Waals surface area contributed by atoms with Gasteiger partial charge in [0.25, 0.3) is 5.91 Å². The van der Waals surface area contributed by atoms with Crippen molar-refractivity contribution in [1.29, 1.82) is 0 Å². The number of carbonyl (C=O) groups is 2. The molecule has 15 heteroatoms. The Morgan fingerprint density at radius 1 is 1.13 bits per heavy atom. The van der Waals surface area contributed by atoms with Crippen LogP contribution in [0, 0.1) is 24.7 Å². The molecule has 2 amide bonds. The van der Waals surface area contributed by atoms with Crippen LogP contribution >= 0.6 is 0 Å². The number of rotatable bonds is 12. The quantitative estimate of drug-likeness (QED) is 0.350. The smallest absolute Gasteiger partial charge is 0.276 e. The van der Waals surface area contributed by atoms with E-state index in [4.69, 9.17) is 0 Å². The fourth-order valence-corrected chi connectivity index (χ4v) is 5.48. The molecule has 3 aromatic rings. The molecule has 2 N–H and O–H groups in total. The van der Waals surface area contributed by atoms with Crippen LogP contribution in [-0.4, -0.2) is 64.6 Å². The van der Waals surface area contributed by atoms with E-state index in [-0.39, 0.29) is 17.7 Å². The Kier molecular flexibility index (Phi) is 6.81. The fourth-order valence-electron chi connectivity index (χ4n) is 5.48. The minimum absolute atomic E-state index is 0.0113. The van der Waals surface area contributed by atoms with Crippen molar-refractivity contribution in [2.75, 3.05) is 5.32 Å². The second-order valence-electron chi connectivity index (χ2n) is 10.8. The summed E-state index contributed by atoms with van der Waals surface area (Å²) in [4.78, 5) is 26.6. The van der Waals surface area contributed by atoms with Gasteiger partial charge >= 0.3 is 0 Å². The Morgan fingerprint density at radius 3 is 2.46 bits per heavy atom. The van der Waals surface area contributed by atoms with Gasteiger partial charge in [0.2, 0.25) is 12.3 Å². The number of hydrogen-bond donors (Lipinski definition) is 2. The van der Waals surface area contributed by atoms with Crippen molar-refractivity contribution in [1.82, 2.24) is 45.6 Å². The maximum Gasteiger partial charge on any atom is 0.276 e. The molecule has 1 unspecified atom stereocenters. The van der Waals surface area contributed by atoms with Gasteiger partial charge in [-0.3, -0.25) is 14.3 Å². The molecule has 0 aromatic carbocycles. The number of aryl methyl sites for hydroxylation is 1. The summed E-state index contributed by atoms with van der Waals surface area (Å²) in [5.41, 5.74) is 0.687. The van der Waals surface area contributed by atoms with Crippen LogP contribution in [0.2, 0.25) is 0 Å². The summed E-state index contributed by atoms with van der Waals surface area (Å²) in [5.74, 6) is 0.0801. The predicted octanol–water partition coefficient (Wildman–Crippen LogP) is 2.70. The van der Waals surface area contributed by atoms with Crippen molar-refractivity contribution in [3.63, 3.8) is 0 Å². The molecule has 3 fully saturated rings. The highest BCUT2D eigenvalue weighted by atomic mass is 19.3. The first-order valence-corrected chi connectivity index (χ1v) is 13.4. The number of halogens is 2. The van der Waals surface area contributed by atoms with Gasteiger partial charge < -0.3 is 10.6 Å². The summed E-state index contributed by atoms with van der Waals surface area (Å²) in [5, 5.41) is 29.1. The van der Waals surface area contributed by atoms with Crippen LogP contribution in [-0.2, 0) is 4.79 Å². The SMILES string of the molecule is Cc1nonc1C(=O)N[C@H](C(=O)Nc1cnn(C(CC(F)F)c2nnnn2C2CCC2)c1)C(C1CC1)C1CC1. The highest BCUT2D eigenvalue weighted by Gasteiger charge is 2.48. The third-order valence-electron chi connectivity index (χ3n) is 7.98. The molecule has 13 nitrogen and oxygen atoms in total. The Hall–Kier alpha value is -3.78. The first-order valence-electron chi connectivity index (χ1n) is 13.4. The minimum atomic E-state index is -2.62. The van der Waals surface area contributed by atoms with Crippen LogP contribution in [0.25, 0.3) is 0 Å². The number of aromatic nitrogens is 8.